The molecule has 0 aliphatic heterocycles. The van der Waals surface area contributed by atoms with E-state index < -0.39 is 5.82 Å². The van der Waals surface area contributed by atoms with Crippen LogP contribution in [0.4, 0.5) is 14.9 Å². The number of urea groups is 1. The number of aromatic nitrogens is 2. The molecule has 0 saturated heterocycles. The predicted molar refractivity (Wildman–Crippen MR) is 79.7 cm³/mol. The standard InChI is InChI=1S/C14H16ClFN4O/c1-3-20(9-10-7-17-19(2)8-10)14(21)18-11-4-5-13(16)12(15)6-11/h4-8H,3,9H2,1-2H3,(H,18,21). The number of anilines is 1. The van der Waals surface area contributed by atoms with Crippen LogP contribution in [0, 0.1) is 5.82 Å². The molecule has 0 unspecified atom stereocenters. The molecule has 0 aliphatic rings. The maximum atomic E-state index is 13.1. The predicted octanol–water partition coefficient (Wildman–Crippen LogP) is 3.27. The summed E-state index contributed by atoms with van der Waals surface area (Å²) in [5.74, 6) is -0.516. The number of rotatable bonds is 4. The monoisotopic (exact) mass is 310 g/mol. The van der Waals surface area contributed by atoms with E-state index in [4.69, 9.17) is 11.6 Å². The number of nitrogens with one attached hydrogen (secondary N) is 1. The summed E-state index contributed by atoms with van der Waals surface area (Å²) in [5, 5.41) is 6.74. The molecule has 1 N–H and O–H groups in total. The van der Waals surface area contributed by atoms with Crippen molar-refractivity contribution in [2.24, 2.45) is 7.05 Å². The van der Waals surface area contributed by atoms with Crippen LogP contribution >= 0.6 is 11.6 Å². The molecule has 1 aromatic heterocycles. The maximum absolute atomic E-state index is 13.1. The number of benzene rings is 1. The molecule has 0 saturated carbocycles. The Kier molecular flexibility index (Phi) is 4.80. The van der Waals surface area contributed by atoms with Gasteiger partial charge in [-0.2, -0.15) is 5.10 Å². The zero-order valence-electron chi connectivity index (χ0n) is 11.8. The van der Waals surface area contributed by atoms with E-state index in [2.05, 4.69) is 10.4 Å². The molecule has 1 aromatic carbocycles. The summed E-state index contributed by atoms with van der Waals surface area (Å²) in [6.07, 6.45) is 3.56. The number of halogens is 2. The molecular formula is C14H16ClFN4O. The van der Waals surface area contributed by atoms with Gasteiger partial charge in [-0.25, -0.2) is 9.18 Å². The van der Waals surface area contributed by atoms with Crippen LogP contribution in [0.5, 0.6) is 0 Å². The number of aryl methyl sites for hydroxylation is 1. The van der Waals surface area contributed by atoms with Crippen LogP contribution in [0.2, 0.25) is 5.02 Å². The van der Waals surface area contributed by atoms with E-state index in [1.54, 1.807) is 15.8 Å². The summed E-state index contributed by atoms with van der Waals surface area (Å²) in [6, 6.07) is 3.79. The average molecular weight is 311 g/mol. The van der Waals surface area contributed by atoms with E-state index in [1.165, 1.54) is 18.2 Å². The molecule has 2 rings (SSSR count). The Morgan fingerprint density at radius 3 is 2.86 bits per heavy atom. The van der Waals surface area contributed by atoms with Gasteiger partial charge < -0.3 is 10.2 Å². The second kappa shape index (κ2) is 6.58. The fourth-order valence-corrected chi connectivity index (χ4v) is 2.06. The van der Waals surface area contributed by atoms with Gasteiger partial charge in [0.25, 0.3) is 0 Å². The summed E-state index contributed by atoms with van der Waals surface area (Å²) in [7, 11) is 1.82. The topological polar surface area (TPSA) is 50.2 Å². The largest absolute Gasteiger partial charge is 0.322 e. The van der Waals surface area contributed by atoms with E-state index in [0.29, 0.717) is 18.8 Å². The minimum absolute atomic E-state index is 0.0249. The van der Waals surface area contributed by atoms with E-state index in [1.807, 2.05) is 20.2 Å². The molecule has 112 valence electrons. The second-order valence-corrected chi connectivity index (χ2v) is 5.00. The van der Waals surface area contributed by atoms with Crippen LogP contribution in [0.3, 0.4) is 0 Å². The van der Waals surface area contributed by atoms with E-state index in [0.717, 1.165) is 5.56 Å². The molecule has 5 nitrogen and oxygen atoms in total. The minimum Gasteiger partial charge on any atom is -0.320 e. The smallest absolute Gasteiger partial charge is 0.320 e. The first-order valence-electron chi connectivity index (χ1n) is 6.48. The highest BCUT2D eigenvalue weighted by Gasteiger charge is 2.13. The van der Waals surface area contributed by atoms with Crippen LogP contribution in [0.1, 0.15) is 12.5 Å². The highest BCUT2D eigenvalue weighted by atomic mass is 35.5. The number of hydrogen-bond acceptors (Lipinski definition) is 2. The molecule has 7 heteroatoms. The van der Waals surface area contributed by atoms with E-state index in [-0.39, 0.29) is 11.1 Å². The van der Waals surface area contributed by atoms with Crippen LogP contribution < -0.4 is 5.32 Å². The van der Waals surface area contributed by atoms with Crippen molar-refractivity contribution in [1.29, 1.82) is 0 Å². The first kappa shape index (κ1) is 15.3. The Labute approximate surface area is 127 Å². The molecule has 0 atom stereocenters. The van der Waals surface area contributed by atoms with Crippen LogP contribution in [-0.4, -0.2) is 27.3 Å². The van der Waals surface area contributed by atoms with Crippen molar-refractivity contribution in [3.05, 3.63) is 47.0 Å². The number of nitrogens with zero attached hydrogens (tertiary/aromatic N) is 3. The van der Waals surface area contributed by atoms with Gasteiger partial charge >= 0.3 is 6.03 Å². The number of amides is 2. The molecule has 0 fully saturated rings. The fraction of sp³-hybridized carbons (Fsp3) is 0.286. The molecule has 0 radical (unpaired) electrons. The highest BCUT2D eigenvalue weighted by molar-refractivity contribution is 6.31. The molecule has 0 aliphatic carbocycles. The van der Waals surface area contributed by atoms with Crippen molar-refractivity contribution >= 4 is 23.3 Å². The average Bonchev–Trinajstić information content (AvgIpc) is 2.85. The van der Waals surface area contributed by atoms with Gasteiger partial charge in [0.2, 0.25) is 0 Å². The SMILES string of the molecule is CCN(Cc1cnn(C)c1)C(=O)Nc1ccc(F)c(Cl)c1. The highest BCUT2D eigenvalue weighted by Crippen LogP contribution is 2.19. The Bertz CT molecular complexity index is 644. The van der Waals surface area contributed by atoms with Crippen LogP contribution in [0.25, 0.3) is 0 Å². The van der Waals surface area contributed by atoms with E-state index >= 15 is 0 Å². The zero-order chi connectivity index (χ0) is 15.4. The third-order valence-electron chi connectivity index (χ3n) is 2.97. The molecule has 21 heavy (non-hydrogen) atoms. The van der Waals surface area contributed by atoms with Crippen molar-refractivity contribution in [1.82, 2.24) is 14.7 Å². The fourth-order valence-electron chi connectivity index (χ4n) is 1.88. The zero-order valence-corrected chi connectivity index (χ0v) is 12.6. The van der Waals surface area contributed by atoms with Gasteiger partial charge in [0.05, 0.1) is 17.8 Å². The van der Waals surface area contributed by atoms with Gasteiger partial charge in [-0.15, -0.1) is 0 Å². The summed E-state index contributed by atoms with van der Waals surface area (Å²) < 4.78 is 14.8. The van der Waals surface area contributed by atoms with Crippen LogP contribution in [0.15, 0.2) is 30.6 Å². The summed E-state index contributed by atoms with van der Waals surface area (Å²) in [6.45, 7) is 2.87. The Morgan fingerprint density at radius 2 is 2.29 bits per heavy atom. The summed E-state index contributed by atoms with van der Waals surface area (Å²) in [4.78, 5) is 13.8. The van der Waals surface area contributed by atoms with Crippen LogP contribution in [-0.2, 0) is 13.6 Å². The number of carbonyl (C=O) groups is 1. The number of hydrogen-bond donors (Lipinski definition) is 1. The summed E-state index contributed by atoms with van der Waals surface area (Å²) in [5.41, 5.74) is 1.39. The molecule has 0 spiro atoms. The Hall–Kier alpha value is -2.08. The van der Waals surface area contributed by atoms with Crippen molar-refractivity contribution in [2.45, 2.75) is 13.5 Å². The molecule has 1 heterocycles. The Balaban J connectivity index is 2.04. The molecular weight excluding hydrogens is 295 g/mol. The first-order chi connectivity index (χ1) is 9.99. The maximum Gasteiger partial charge on any atom is 0.322 e. The lowest BCUT2D eigenvalue weighted by Gasteiger charge is -2.20. The normalized spacial score (nSPS) is 10.5. The lowest BCUT2D eigenvalue weighted by Crippen LogP contribution is -2.34. The first-order valence-corrected chi connectivity index (χ1v) is 6.86. The van der Waals surface area contributed by atoms with Crippen molar-refractivity contribution in [3.8, 4) is 0 Å². The lowest BCUT2D eigenvalue weighted by molar-refractivity contribution is 0.212. The number of carbonyl (C=O) groups excluding carboxylic acids is 1. The molecule has 2 aromatic rings. The van der Waals surface area contributed by atoms with Gasteiger partial charge in [0.1, 0.15) is 5.82 Å². The van der Waals surface area contributed by atoms with Crippen molar-refractivity contribution < 1.29 is 9.18 Å². The summed E-state index contributed by atoms with van der Waals surface area (Å²) >= 11 is 5.69. The van der Waals surface area contributed by atoms with Crippen molar-refractivity contribution in [3.63, 3.8) is 0 Å². The Morgan fingerprint density at radius 1 is 1.52 bits per heavy atom. The van der Waals surface area contributed by atoms with E-state index in [9.17, 15) is 9.18 Å². The van der Waals surface area contributed by atoms with Gasteiger partial charge in [0.15, 0.2) is 0 Å². The van der Waals surface area contributed by atoms with Gasteiger partial charge in [-0.05, 0) is 25.1 Å². The lowest BCUT2D eigenvalue weighted by atomic mass is 10.3. The third kappa shape index (κ3) is 3.95. The molecule has 2 amide bonds. The molecule has 0 bridgehead atoms. The quantitative estimate of drug-likeness (QED) is 0.942. The second-order valence-electron chi connectivity index (χ2n) is 4.60. The van der Waals surface area contributed by atoms with Gasteiger partial charge in [0, 0.05) is 31.0 Å². The van der Waals surface area contributed by atoms with Gasteiger partial charge in [-0.1, -0.05) is 11.6 Å². The van der Waals surface area contributed by atoms with Gasteiger partial charge in [-0.3, -0.25) is 4.68 Å². The minimum atomic E-state index is -0.516. The third-order valence-corrected chi connectivity index (χ3v) is 3.26. The van der Waals surface area contributed by atoms with Crippen molar-refractivity contribution in [2.75, 3.05) is 11.9 Å².